The Morgan fingerprint density at radius 2 is 1.89 bits per heavy atom. The quantitative estimate of drug-likeness (QED) is 0.799. The van der Waals surface area contributed by atoms with E-state index in [1.807, 2.05) is 52.0 Å². The van der Waals surface area contributed by atoms with E-state index in [-0.39, 0.29) is 12.0 Å². The van der Waals surface area contributed by atoms with Crippen LogP contribution < -0.4 is 10.5 Å². The molecule has 0 radical (unpaired) electrons. The van der Waals surface area contributed by atoms with E-state index in [1.54, 1.807) is 12.1 Å². The average molecular weight is 374 g/mol. The number of rotatable bonds is 6. The zero-order chi connectivity index (χ0) is 20.4. The van der Waals surface area contributed by atoms with Crippen molar-refractivity contribution >= 4 is 11.9 Å². The van der Waals surface area contributed by atoms with Crippen LogP contribution in [0.3, 0.4) is 0 Å². The highest BCUT2D eigenvalue weighted by molar-refractivity contribution is 5.92. The molecular formula is C20H26N2O5. The molecule has 0 spiro atoms. The summed E-state index contributed by atoms with van der Waals surface area (Å²) in [6.07, 6.45) is 1.48. The standard InChI is InChI=1S/C13H12N2O2.C7H14O3/c1-9-3-2-4-11(7-9)17-12-6-5-10(8-15-12)13(14)16;1-7(2,3)10-5-4-6(8)9/h2-8H,1H3,(H2,14,16);4-5H2,1-3H3,(H,8,9). The van der Waals surface area contributed by atoms with Crippen LogP contribution in [0.5, 0.6) is 11.6 Å². The summed E-state index contributed by atoms with van der Waals surface area (Å²) in [6.45, 7) is 7.97. The summed E-state index contributed by atoms with van der Waals surface area (Å²) in [6, 6.07) is 10.8. The number of aryl methyl sites for hydroxylation is 1. The normalized spacial score (nSPS) is 10.5. The number of hydrogen-bond donors (Lipinski definition) is 2. The Labute approximate surface area is 159 Å². The minimum atomic E-state index is -0.816. The molecule has 3 N–H and O–H groups in total. The van der Waals surface area contributed by atoms with Gasteiger partial charge in [0.15, 0.2) is 0 Å². The predicted molar refractivity (Wildman–Crippen MR) is 102 cm³/mol. The molecule has 1 aromatic heterocycles. The molecule has 0 saturated carbocycles. The summed E-state index contributed by atoms with van der Waals surface area (Å²) in [4.78, 5) is 24.9. The zero-order valence-corrected chi connectivity index (χ0v) is 16.1. The number of aliphatic carboxylic acids is 1. The van der Waals surface area contributed by atoms with Crippen molar-refractivity contribution in [1.29, 1.82) is 0 Å². The maximum atomic E-state index is 10.9. The van der Waals surface area contributed by atoms with Gasteiger partial charge in [-0.3, -0.25) is 9.59 Å². The molecule has 1 amide bonds. The molecule has 7 heteroatoms. The molecule has 0 saturated heterocycles. The van der Waals surface area contributed by atoms with Crippen LogP contribution >= 0.6 is 0 Å². The molecular weight excluding hydrogens is 348 g/mol. The molecule has 0 aliphatic carbocycles. The number of primary amides is 1. The third-order valence-electron chi connectivity index (χ3n) is 3.08. The largest absolute Gasteiger partial charge is 0.481 e. The Morgan fingerprint density at radius 3 is 2.37 bits per heavy atom. The molecule has 1 heterocycles. The van der Waals surface area contributed by atoms with Crippen molar-refractivity contribution < 1.29 is 24.2 Å². The summed E-state index contributed by atoms with van der Waals surface area (Å²) in [5.41, 5.74) is 6.36. The second-order valence-electron chi connectivity index (χ2n) is 6.77. The van der Waals surface area contributed by atoms with Crippen molar-refractivity contribution in [2.45, 2.75) is 39.7 Å². The fourth-order valence-corrected chi connectivity index (χ4v) is 1.83. The van der Waals surface area contributed by atoms with Gasteiger partial charge in [-0.15, -0.1) is 0 Å². The highest BCUT2D eigenvalue weighted by Gasteiger charge is 2.10. The summed E-state index contributed by atoms with van der Waals surface area (Å²) in [7, 11) is 0. The smallest absolute Gasteiger partial charge is 0.305 e. The van der Waals surface area contributed by atoms with E-state index >= 15 is 0 Å². The molecule has 146 valence electrons. The molecule has 0 aliphatic rings. The van der Waals surface area contributed by atoms with Crippen LogP contribution in [-0.4, -0.2) is 34.2 Å². The minimum absolute atomic E-state index is 0.0806. The molecule has 0 bridgehead atoms. The number of ether oxygens (including phenoxy) is 2. The molecule has 2 aromatic rings. The number of nitrogens with zero attached hydrogens (tertiary/aromatic N) is 1. The molecule has 1 aromatic carbocycles. The number of aromatic nitrogens is 1. The first kappa shape index (κ1) is 22.1. The lowest BCUT2D eigenvalue weighted by Gasteiger charge is -2.18. The Bertz CT molecular complexity index is 752. The van der Waals surface area contributed by atoms with Crippen LogP contribution in [0.25, 0.3) is 0 Å². The fourth-order valence-electron chi connectivity index (χ4n) is 1.83. The van der Waals surface area contributed by atoms with E-state index in [2.05, 4.69) is 4.98 Å². The van der Waals surface area contributed by atoms with Gasteiger partial charge in [0.2, 0.25) is 11.8 Å². The van der Waals surface area contributed by atoms with Crippen molar-refractivity contribution in [1.82, 2.24) is 4.98 Å². The van der Waals surface area contributed by atoms with Crippen LogP contribution in [0.1, 0.15) is 43.1 Å². The van der Waals surface area contributed by atoms with E-state index in [0.717, 1.165) is 5.56 Å². The average Bonchev–Trinajstić information content (AvgIpc) is 2.54. The topological polar surface area (TPSA) is 112 Å². The summed E-state index contributed by atoms with van der Waals surface area (Å²) >= 11 is 0. The van der Waals surface area contributed by atoms with Gasteiger partial charge in [-0.25, -0.2) is 4.98 Å². The number of carbonyl (C=O) groups excluding carboxylic acids is 1. The maximum Gasteiger partial charge on any atom is 0.305 e. The van der Waals surface area contributed by atoms with Crippen LogP contribution in [0, 0.1) is 6.92 Å². The fraction of sp³-hybridized carbons (Fsp3) is 0.350. The Kier molecular flexibility index (Phi) is 8.41. The Morgan fingerprint density at radius 1 is 1.19 bits per heavy atom. The summed E-state index contributed by atoms with van der Waals surface area (Å²) in [5.74, 6) is -0.172. The molecule has 7 nitrogen and oxygen atoms in total. The summed E-state index contributed by atoms with van der Waals surface area (Å²) in [5, 5.41) is 8.23. The lowest BCUT2D eigenvalue weighted by molar-refractivity contribution is -0.139. The van der Waals surface area contributed by atoms with Crippen molar-refractivity contribution in [3.63, 3.8) is 0 Å². The molecule has 0 fully saturated rings. The van der Waals surface area contributed by atoms with Gasteiger partial charge in [0.1, 0.15) is 5.75 Å². The first-order valence-corrected chi connectivity index (χ1v) is 8.43. The third kappa shape index (κ3) is 9.96. The molecule has 0 unspecified atom stereocenters. The van der Waals surface area contributed by atoms with E-state index in [0.29, 0.717) is 23.8 Å². The number of hydrogen-bond acceptors (Lipinski definition) is 5. The number of carbonyl (C=O) groups is 2. The number of nitrogens with two attached hydrogens (primary N) is 1. The van der Waals surface area contributed by atoms with Crippen LogP contribution in [0.15, 0.2) is 42.6 Å². The minimum Gasteiger partial charge on any atom is -0.481 e. The highest BCUT2D eigenvalue weighted by atomic mass is 16.5. The highest BCUT2D eigenvalue weighted by Crippen LogP contribution is 2.20. The first-order valence-electron chi connectivity index (χ1n) is 8.43. The Hall–Kier alpha value is -2.93. The van der Waals surface area contributed by atoms with Crippen molar-refractivity contribution in [2.24, 2.45) is 5.73 Å². The van der Waals surface area contributed by atoms with Crippen molar-refractivity contribution in [3.05, 3.63) is 53.7 Å². The molecule has 2 rings (SSSR count). The molecule has 0 aliphatic heterocycles. The van der Waals surface area contributed by atoms with Crippen LogP contribution in [0.4, 0.5) is 0 Å². The van der Waals surface area contributed by atoms with Gasteiger partial charge in [0.05, 0.1) is 24.2 Å². The van der Waals surface area contributed by atoms with Crippen LogP contribution in [0.2, 0.25) is 0 Å². The number of carboxylic acids is 1. The maximum absolute atomic E-state index is 10.9. The summed E-state index contributed by atoms with van der Waals surface area (Å²) < 4.78 is 10.7. The lowest BCUT2D eigenvalue weighted by Crippen LogP contribution is -2.20. The predicted octanol–water partition coefficient (Wildman–Crippen LogP) is 3.56. The van der Waals surface area contributed by atoms with Gasteiger partial charge in [0.25, 0.3) is 0 Å². The van der Waals surface area contributed by atoms with Crippen molar-refractivity contribution in [3.8, 4) is 11.6 Å². The van der Waals surface area contributed by atoms with E-state index in [1.165, 1.54) is 6.20 Å². The monoisotopic (exact) mass is 374 g/mol. The SMILES string of the molecule is CC(C)(C)OCCC(=O)O.Cc1cccc(Oc2ccc(C(N)=O)cn2)c1. The van der Waals surface area contributed by atoms with E-state index < -0.39 is 11.9 Å². The molecule has 0 atom stereocenters. The number of amides is 1. The van der Waals surface area contributed by atoms with Gasteiger partial charge < -0.3 is 20.3 Å². The first-order chi connectivity index (χ1) is 12.6. The second kappa shape index (κ2) is 10.3. The third-order valence-corrected chi connectivity index (χ3v) is 3.08. The lowest BCUT2D eigenvalue weighted by atomic mass is 10.2. The zero-order valence-electron chi connectivity index (χ0n) is 16.1. The Balaban J connectivity index is 0.000000314. The van der Waals surface area contributed by atoms with E-state index in [4.69, 9.17) is 20.3 Å². The second-order valence-corrected chi connectivity index (χ2v) is 6.77. The number of pyridine rings is 1. The van der Waals surface area contributed by atoms with Crippen LogP contribution in [-0.2, 0) is 9.53 Å². The van der Waals surface area contributed by atoms with Gasteiger partial charge in [-0.05, 0) is 51.5 Å². The van der Waals surface area contributed by atoms with Gasteiger partial charge >= 0.3 is 5.97 Å². The van der Waals surface area contributed by atoms with Gasteiger partial charge in [0, 0.05) is 12.3 Å². The van der Waals surface area contributed by atoms with Gasteiger partial charge in [-0.1, -0.05) is 12.1 Å². The number of carboxylic acid groups (broad SMARTS) is 1. The van der Waals surface area contributed by atoms with E-state index in [9.17, 15) is 9.59 Å². The van der Waals surface area contributed by atoms with Gasteiger partial charge in [-0.2, -0.15) is 0 Å². The molecule has 27 heavy (non-hydrogen) atoms. The van der Waals surface area contributed by atoms with Crippen molar-refractivity contribution in [2.75, 3.05) is 6.61 Å². The number of benzene rings is 1.